The Labute approximate surface area is 277 Å². The van der Waals surface area contributed by atoms with Crippen LogP contribution < -0.4 is 20.7 Å². The molecular weight excluding hydrogens is 622 g/mol. The van der Waals surface area contributed by atoms with Crippen LogP contribution in [0.2, 0.25) is 5.02 Å². The summed E-state index contributed by atoms with van der Waals surface area (Å²) in [6, 6.07) is 24.3. The lowest BCUT2D eigenvalue weighted by molar-refractivity contribution is -0.116. The number of hydrogen-bond acceptors (Lipinski definition) is 8. The van der Waals surface area contributed by atoms with E-state index >= 15 is 0 Å². The van der Waals surface area contributed by atoms with Crippen LogP contribution in [0.25, 0.3) is 22.4 Å². The lowest BCUT2D eigenvalue weighted by atomic mass is 9.97. The number of carbonyl (C=O) groups is 3. The predicted octanol–water partition coefficient (Wildman–Crippen LogP) is 7.03. The number of carbonyl (C=O) groups excluding carboxylic acids is 3. The van der Waals surface area contributed by atoms with Gasteiger partial charge >= 0.3 is 6.09 Å². The first kappa shape index (κ1) is 34.4. The molecule has 47 heavy (non-hydrogen) atoms. The van der Waals surface area contributed by atoms with Gasteiger partial charge in [0, 0.05) is 47.5 Å². The summed E-state index contributed by atoms with van der Waals surface area (Å²) in [6.07, 6.45) is -0.614. The number of aromatic nitrogens is 1. The number of amides is 3. The van der Waals surface area contributed by atoms with E-state index in [1.807, 2.05) is 0 Å². The van der Waals surface area contributed by atoms with E-state index in [0.717, 1.165) is 0 Å². The van der Waals surface area contributed by atoms with E-state index in [2.05, 4.69) is 27.0 Å². The number of ether oxygens (including phenoxy) is 3. The van der Waals surface area contributed by atoms with Crippen molar-refractivity contribution in [3.8, 4) is 34.2 Å². The van der Waals surface area contributed by atoms with Crippen molar-refractivity contribution in [2.45, 2.75) is 32.8 Å². The fourth-order valence-electron chi connectivity index (χ4n) is 4.41. The normalized spacial score (nSPS) is 10.8. The highest BCUT2D eigenvalue weighted by Crippen LogP contribution is 2.38. The zero-order valence-electron chi connectivity index (χ0n) is 26.3. The number of halogens is 1. The minimum Gasteiger partial charge on any atom is -0.467 e. The Kier molecular flexibility index (Phi) is 11.5. The van der Waals surface area contributed by atoms with Crippen LogP contribution >= 0.6 is 11.6 Å². The van der Waals surface area contributed by atoms with Gasteiger partial charge in [-0.25, -0.2) is 9.78 Å². The summed E-state index contributed by atoms with van der Waals surface area (Å²) in [6.45, 7) is 5.28. The molecule has 3 aromatic carbocycles. The average Bonchev–Trinajstić information content (AvgIpc) is 3.03. The van der Waals surface area contributed by atoms with E-state index in [4.69, 9.17) is 25.8 Å². The third-order valence-corrected chi connectivity index (χ3v) is 6.66. The highest BCUT2D eigenvalue weighted by atomic mass is 35.5. The molecule has 242 valence electrons. The maximum Gasteiger partial charge on any atom is 0.407 e. The van der Waals surface area contributed by atoms with E-state index in [-0.39, 0.29) is 37.0 Å². The smallest absolute Gasteiger partial charge is 0.407 e. The third kappa shape index (κ3) is 9.77. The molecule has 0 aliphatic carbocycles. The van der Waals surface area contributed by atoms with Gasteiger partial charge in [0.2, 0.25) is 5.91 Å². The van der Waals surface area contributed by atoms with Crippen molar-refractivity contribution in [2.24, 2.45) is 0 Å². The number of nitrogens with zero attached hydrogens (tertiary/aromatic N) is 2. The number of anilines is 2. The highest BCUT2D eigenvalue weighted by molar-refractivity contribution is 6.31. The lowest BCUT2D eigenvalue weighted by Crippen LogP contribution is -2.34. The van der Waals surface area contributed by atoms with Gasteiger partial charge < -0.3 is 30.2 Å². The van der Waals surface area contributed by atoms with E-state index in [0.29, 0.717) is 44.4 Å². The first-order valence-electron chi connectivity index (χ1n) is 14.6. The summed E-state index contributed by atoms with van der Waals surface area (Å²) in [7, 11) is 1.49. The second-order valence-electron chi connectivity index (χ2n) is 11.2. The molecular formula is C35H34ClN5O6. The monoisotopic (exact) mass is 655 g/mol. The molecule has 0 fully saturated rings. The van der Waals surface area contributed by atoms with Crippen LogP contribution in [-0.4, -0.2) is 48.9 Å². The van der Waals surface area contributed by atoms with E-state index in [1.165, 1.54) is 7.11 Å². The maximum atomic E-state index is 13.2. The minimum atomic E-state index is -0.655. The molecule has 1 aromatic heterocycles. The SMILES string of the molecule is COCOc1ccc(Cl)cc1-c1cc(-c2cccc(NC(=O)CCNC(=O)OC(C)(C)C)c2)c(C#N)c(NC(=O)c2ccccc2)n1. The van der Waals surface area contributed by atoms with E-state index in [1.54, 1.807) is 99.6 Å². The molecule has 4 aromatic rings. The zero-order valence-corrected chi connectivity index (χ0v) is 27.1. The van der Waals surface area contributed by atoms with Crippen LogP contribution in [0.3, 0.4) is 0 Å². The number of hydrogen-bond donors (Lipinski definition) is 3. The average molecular weight is 656 g/mol. The molecule has 0 aliphatic heterocycles. The Morgan fingerprint density at radius 2 is 1.70 bits per heavy atom. The maximum absolute atomic E-state index is 13.2. The van der Waals surface area contributed by atoms with Crippen molar-refractivity contribution in [1.29, 1.82) is 5.26 Å². The standard InChI is InChI=1S/C35H34ClN5O6/c1-35(2,3)47-34(44)38-16-15-31(42)39-25-12-8-11-23(17-25)26-19-29(27-18-24(36)13-14-30(27)46-21-45-4)40-32(28(26)20-37)41-33(43)22-9-6-5-7-10-22/h5-14,17-19H,15-16,21H2,1-4H3,(H,38,44)(H,39,42)(H,40,41,43). The largest absolute Gasteiger partial charge is 0.467 e. The second-order valence-corrected chi connectivity index (χ2v) is 11.6. The molecule has 0 saturated carbocycles. The fraction of sp³-hybridized carbons (Fsp3) is 0.229. The third-order valence-electron chi connectivity index (χ3n) is 6.43. The molecule has 3 amide bonds. The molecule has 0 bridgehead atoms. The van der Waals surface area contributed by atoms with Crippen molar-refractivity contribution >= 4 is 41.0 Å². The van der Waals surface area contributed by atoms with Gasteiger partial charge in [0.1, 0.15) is 23.0 Å². The highest BCUT2D eigenvalue weighted by Gasteiger charge is 2.21. The van der Waals surface area contributed by atoms with Gasteiger partial charge in [0.25, 0.3) is 5.91 Å². The quantitative estimate of drug-likeness (QED) is 0.146. The number of benzene rings is 3. The summed E-state index contributed by atoms with van der Waals surface area (Å²) in [5.74, 6) is -0.362. The molecule has 11 nitrogen and oxygen atoms in total. The van der Waals surface area contributed by atoms with Crippen LogP contribution in [0.4, 0.5) is 16.3 Å². The van der Waals surface area contributed by atoms with Crippen LogP contribution in [0.5, 0.6) is 5.75 Å². The number of alkyl carbamates (subject to hydrolysis) is 1. The lowest BCUT2D eigenvalue weighted by Gasteiger charge is -2.19. The number of methoxy groups -OCH3 is 1. The van der Waals surface area contributed by atoms with E-state index < -0.39 is 17.6 Å². The minimum absolute atomic E-state index is 0.000997. The van der Waals surface area contributed by atoms with E-state index in [9.17, 15) is 19.6 Å². The number of pyridine rings is 1. The summed E-state index contributed by atoms with van der Waals surface area (Å²) < 4.78 is 16.0. The van der Waals surface area contributed by atoms with Crippen LogP contribution in [-0.2, 0) is 14.3 Å². The Hall–Kier alpha value is -5.44. The first-order chi connectivity index (χ1) is 22.5. The van der Waals surface area contributed by atoms with Crippen LogP contribution in [0.1, 0.15) is 43.1 Å². The van der Waals surface area contributed by atoms with Crippen molar-refractivity contribution in [1.82, 2.24) is 10.3 Å². The van der Waals surface area contributed by atoms with Gasteiger partial charge in [0.15, 0.2) is 12.6 Å². The molecule has 3 N–H and O–H groups in total. The predicted molar refractivity (Wildman–Crippen MR) is 179 cm³/mol. The molecule has 0 atom stereocenters. The van der Waals surface area contributed by atoms with Crippen molar-refractivity contribution in [3.63, 3.8) is 0 Å². The van der Waals surface area contributed by atoms with Crippen LogP contribution in [0.15, 0.2) is 78.9 Å². The summed E-state index contributed by atoms with van der Waals surface area (Å²) in [4.78, 5) is 42.5. The van der Waals surface area contributed by atoms with Gasteiger partial charge in [-0.15, -0.1) is 0 Å². The Morgan fingerprint density at radius 1 is 0.936 bits per heavy atom. The number of nitrogens with one attached hydrogen (secondary N) is 3. The number of nitriles is 1. The first-order valence-corrected chi connectivity index (χ1v) is 15.0. The Bertz CT molecular complexity index is 1800. The summed E-state index contributed by atoms with van der Waals surface area (Å²) in [5, 5.41) is 18.9. The molecule has 12 heteroatoms. The van der Waals surface area contributed by atoms with Crippen molar-refractivity contribution in [2.75, 3.05) is 31.1 Å². The van der Waals surface area contributed by atoms with Gasteiger partial charge in [-0.2, -0.15) is 5.26 Å². The molecule has 0 radical (unpaired) electrons. The second kappa shape index (κ2) is 15.7. The molecule has 0 spiro atoms. The summed E-state index contributed by atoms with van der Waals surface area (Å²) in [5.41, 5.74) is 2.13. The molecule has 0 unspecified atom stereocenters. The molecule has 4 rings (SSSR count). The molecule has 0 saturated heterocycles. The van der Waals surface area contributed by atoms with Crippen molar-refractivity contribution < 1.29 is 28.6 Å². The Balaban J connectivity index is 1.70. The van der Waals surface area contributed by atoms with Crippen LogP contribution in [0, 0.1) is 11.3 Å². The molecule has 1 heterocycles. The fourth-order valence-corrected chi connectivity index (χ4v) is 4.59. The molecule has 0 aliphatic rings. The van der Waals surface area contributed by atoms with Gasteiger partial charge in [-0.1, -0.05) is 41.9 Å². The Morgan fingerprint density at radius 3 is 2.40 bits per heavy atom. The van der Waals surface area contributed by atoms with Gasteiger partial charge in [-0.3, -0.25) is 9.59 Å². The number of rotatable bonds is 11. The summed E-state index contributed by atoms with van der Waals surface area (Å²) >= 11 is 6.36. The topological polar surface area (TPSA) is 152 Å². The van der Waals surface area contributed by atoms with Gasteiger partial charge in [0.05, 0.1) is 5.69 Å². The zero-order chi connectivity index (χ0) is 34.0. The van der Waals surface area contributed by atoms with Crippen molar-refractivity contribution in [3.05, 3.63) is 95.0 Å². The van der Waals surface area contributed by atoms with Gasteiger partial charge in [-0.05, 0) is 74.9 Å².